The normalized spacial score (nSPS) is 19.3. The van der Waals surface area contributed by atoms with E-state index < -0.39 is 0 Å². The smallest absolute Gasteiger partial charge is 0.224 e. The van der Waals surface area contributed by atoms with Crippen LogP contribution in [-0.4, -0.2) is 30.3 Å². The summed E-state index contributed by atoms with van der Waals surface area (Å²) in [6.45, 7) is 2.44. The van der Waals surface area contributed by atoms with E-state index in [1.165, 1.54) is 0 Å². The van der Waals surface area contributed by atoms with E-state index in [1.807, 2.05) is 25.1 Å². The second-order valence-corrected chi connectivity index (χ2v) is 5.79. The van der Waals surface area contributed by atoms with E-state index in [9.17, 15) is 4.79 Å². The molecule has 1 aromatic carbocycles. The fraction of sp³-hybridized carbons (Fsp3) is 0.412. The first kappa shape index (κ1) is 15.4. The Balaban J connectivity index is 1.64. The first-order valence-corrected chi connectivity index (χ1v) is 7.62. The summed E-state index contributed by atoms with van der Waals surface area (Å²) in [5.74, 6) is 1.83. The number of methoxy groups -OCH3 is 2. The Kier molecular flexibility index (Phi) is 4.23. The standard InChI is InChI=1S/C17H21N3O3/c1-10-11(9-19-20-10)8-18-17(21)15-7-13(15)14-6-12(22-2)4-5-16(14)23-3/h4-6,9,13,15H,7-8H2,1-3H3,(H,18,21)(H,19,20)/t13-,15+/m1/s1. The first-order chi connectivity index (χ1) is 11.1. The highest BCUT2D eigenvalue weighted by Gasteiger charge is 2.45. The monoisotopic (exact) mass is 315 g/mol. The molecule has 0 saturated heterocycles. The van der Waals surface area contributed by atoms with Crippen LogP contribution in [0.5, 0.6) is 11.5 Å². The second-order valence-electron chi connectivity index (χ2n) is 5.79. The predicted octanol–water partition coefficient (Wildman–Crippen LogP) is 2.16. The average Bonchev–Trinajstić information content (AvgIpc) is 3.27. The summed E-state index contributed by atoms with van der Waals surface area (Å²) in [6, 6.07) is 5.70. The van der Waals surface area contributed by atoms with Crippen molar-refractivity contribution in [3.05, 3.63) is 41.2 Å². The maximum absolute atomic E-state index is 12.3. The van der Waals surface area contributed by atoms with Crippen LogP contribution in [0, 0.1) is 12.8 Å². The van der Waals surface area contributed by atoms with Crippen LogP contribution in [0.3, 0.4) is 0 Å². The lowest BCUT2D eigenvalue weighted by atomic mass is 10.1. The van der Waals surface area contributed by atoms with Crippen LogP contribution >= 0.6 is 0 Å². The van der Waals surface area contributed by atoms with Crippen LogP contribution in [-0.2, 0) is 11.3 Å². The van der Waals surface area contributed by atoms with Gasteiger partial charge in [0.25, 0.3) is 0 Å². The lowest BCUT2D eigenvalue weighted by Gasteiger charge is -2.10. The number of aromatic nitrogens is 2. The molecule has 0 unspecified atom stereocenters. The molecule has 2 atom stereocenters. The molecule has 1 aromatic heterocycles. The average molecular weight is 315 g/mol. The molecule has 6 heteroatoms. The van der Waals surface area contributed by atoms with E-state index in [1.54, 1.807) is 20.4 Å². The number of nitrogens with zero attached hydrogens (tertiary/aromatic N) is 1. The minimum absolute atomic E-state index is 0.0109. The van der Waals surface area contributed by atoms with Crippen molar-refractivity contribution in [2.24, 2.45) is 5.92 Å². The number of carbonyl (C=O) groups is 1. The van der Waals surface area contributed by atoms with Gasteiger partial charge in [0.2, 0.25) is 5.91 Å². The minimum atomic E-state index is -0.0109. The molecule has 122 valence electrons. The van der Waals surface area contributed by atoms with Crippen molar-refractivity contribution in [1.29, 1.82) is 0 Å². The summed E-state index contributed by atoms with van der Waals surface area (Å²) in [7, 11) is 3.28. The van der Waals surface area contributed by atoms with Crippen LogP contribution in [0.25, 0.3) is 0 Å². The zero-order chi connectivity index (χ0) is 16.4. The van der Waals surface area contributed by atoms with Gasteiger partial charge < -0.3 is 14.8 Å². The minimum Gasteiger partial charge on any atom is -0.497 e. The molecule has 0 bridgehead atoms. The molecule has 1 saturated carbocycles. The molecule has 1 aliphatic rings. The molecular formula is C17H21N3O3. The Morgan fingerprint density at radius 1 is 1.39 bits per heavy atom. The lowest BCUT2D eigenvalue weighted by molar-refractivity contribution is -0.122. The number of amides is 1. The summed E-state index contributed by atoms with van der Waals surface area (Å²) < 4.78 is 10.7. The molecule has 1 fully saturated rings. The number of carbonyl (C=O) groups excluding carboxylic acids is 1. The van der Waals surface area contributed by atoms with Gasteiger partial charge in [-0.15, -0.1) is 0 Å². The van der Waals surface area contributed by atoms with Gasteiger partial charge in [-0.05, 0) is 31.5 Å². The summed E-state index contributed by atoms with van der Waals surface area (Å²) >= 11 is 0. The van der Waals surface area contributed by atoms with Gasteiger partial charge in [0.05, 0.1) is 20.4 Å². The summed E-state index contributed by atoms with van der Waals surface area (Å²) in [4.78, 5) is 12.3. The number of nitrogens with one attached hydrogen (secondary N) is 2. The quantitative estimate of drug-likeness (QED) is 0.856. The lowest BCUT2D eigenvalue weighted by Crippen LogP contribution is -2.25. The zero-order valence-corrected chi connectivity index (χ0v) is 13.6. The number of aromatic amines is 1. The zero-order valence-electron chi connectivity index (χ0n) is 13.6. The fourth-order valence-electron chi connectivity index (χ4n) is 2.82. The van der Waals surface area contributed by atoms with Crippen LogP contribution in [0.15, 0.2) is 24.4 Å². The SMILES string of the molecule is COc1ccc(OC)c([C@H]2C[C@@H]2C(=O)NCc2cn[nH]c2C)c1. The van der Waals surface area contributed by atoms with E-state index in [0.717, 1.165) is 34.7 Å². The Bertz CT molecular complexity index is 711. The maximum Gasteiger partial charge on any atom is 0.224 e. The third-order valence-electron chi connectivity index (χ3n) is 4.35. The van der Waals surface area contributed by atoms with Gasteiger partial charge in [-0.3, -0.25) is 9.89 Å². The van der Waals surface area contributed by atoms with Gasteiger partial charge in [-0.25, -0.2) is 0 Å². The summed E-state index contributed by atoms with van der Waals surface area (Å²) in [5, 5.41) is 9.81. The van der Waals surface area contributed by atoms with E-state index in [2.05, 4.69) is 15.5 Å². The molecule has 2 N–H and O–H groups in total. The summed E-state index contributed by atoms with van der Waals surface area (Å²) in [6.07, 6.45) is 2.57. The molecule has 3 rings (SSSR count). The molecule has 1 aliphatic carbocycles. The molecule has 23 heavy (non-hydrogen) atoms. The second kappa shape index (κ2) is 6.32. The largest absolute Gasteiger partial charge is 0.497 e. The molecule has 0 radical (unpaired) electrons. The van der Waals surface area contributed by atoms with Crippen molar-refractivity contribution in [3.8, 4) is 11.5 Å². The topological polar surface area (TPSA) is 76.2 Å². The number of rotatable bonds is 6. The maximum atomic E-state index is 12.3. The van der Waals surface area contributed by atoms with Gasteiger partial charge in [0.1, 0.15) is 11.5 Å². The van der Waals surface area contributed by atoms with Crippen molar-refractivity contribution in [2.45, 2.75) is 25.8 Å². The van der Waals surface area contributed by atoms with E-state index in [4.69, 9.17) is 9.47 Å². The van der Waals surface area contributed by atoms with Crippen LogP contribution in [0.4, 0.5) is 0 Å². The highest BCUT2D eigenvalue weighted by molar-refractivity contribution is 5.83. The van der Waals surface area contributed by atoms with Crippen molar-refractivity contribution >= 4 is 5.91 Å². The van der Waals surface area contributed by atoms with E-state index in [-0.39, 0.29) is 17.7 Å². The Morgan fingerprint density at radius 3 is 2.87 bits per heavy atom. The molecule has 0 spiro atoms. The number of hydrogen-bond donors (Lipinski definition) is 2. The number of aryl methyl sites for hydroxylation is 1. The summed E-state index contributed by atoms with van der Waals surface area (Å²) in [5.41, 5.74) is 3.02. The Labute approximate surface area is 135 Å². The Hall–Kier alpha value is -2.50. The van der Waals surface area contributed by atoms with Gasteiger partial charge in [0.15, 0.2) is 0 Å². The molecule has 0 aliphatic heterocycles. The number of ether oxygens (including phenoxy) is 2. The fourth-order valence-corrected chi connectivity index (χ4v) is 2.82. The van der Waals surface area contributed by atoms with Crippen molar-refractivity contribution in [2.75, 3.05) is 14.2 Å². The third kappa shape index (κ3) is 3.16. The molecular weight excluding hydrogens is 294 g/mol. The van der Waals surface area contributed by atoms with Gasteiger partial charge >= 0.3 is 0 Å². The highest BCUT2D eigenvalue weighted by Crippen LogP contribution is 2.51. The van der Waals surface area contributed by atoms with Crippen LogP contribution < -0.4 is 14.8 Å². The van der Waals surface area contributed by atoms with Crippen molar-refractivity contribution in [3.63, 3.8) is 0 Å². The van der Waals surface area contributed by atoms with Gasteiger partial charge in [0, 0.05) is 35.2 Å². The molecule has 6 nitrogen and oxygen atoms in total. The molecule has 2 aromatic rings. The van der Waals surface area contributed by atoms with Crippen molar-refractivity contribution in [1.82, 2.24) is 15.5 Å². The third-order valence-corrected chi connectivity index (χ3v) is 4.35. The molecule has 1 amide bonds. The van der Waals surface area contributed by atoms with Gasteiger partial charge in [-0.1, -0.05) is 0 Å². The number of H-pyrrole nitrogens is 1. The van der Waals surface area contributed by atoms with Crippen molar-refractivity contribution < 1.29 is 14.3 Å². The van der Waals surface area contributed by atoms with Crippen LogP contribution in [0.2, 0.25) is 0 Å². The molecule has 1 heterocycles. The highest BCUT2D eigenvalue weighted by atomic mass is 16.5. The predicted molar refractivity (Wildman–Crippen MR) is 85.6 cm³/mol. The van der Waals surface area contributed by atoms with Crippen LogP contribution in [0.1, 0.15) is 29.2 Å². The Morgan fingerprint density at radius 2 is 2.22 bits per heavy atom. The van der Waals surface area contributed by atoms with E-state index >= 15 is 0 Å². The first-order valence-electron chi connectivity index (χ1n) is 7.62. The number of hydrogen-bond acceptors (Lipinski definition) is 4. The van der Waals surface area contributed by atoms with E-state index in [0.29, 0.717) is 6.54 Å². The van der Waals surface area contributed by atoms with Gasteiger partial charge in [-0.2, -0.15) is 5.10 Å². The number of benzene rings is 1.